The molecule has 1 aliphatic rings. The summed E-state index contributed by atoms with van der Waals surface area (Å²) in [7, 11) is 0. The first-order chi connectivity index (χ1) is 8.22. The van der Waals surface area contributed by atoms with Gasteiger partial charge in [-0.05, 0) is 19.1 Å². The molecule has 0 bridgehead atoms. The summed E-state index contributed by atoms with van der Waals surface area (Å²) in [5.41, 5.74) is 1.96. The molecule has 0 saturated heterocycles. The Bertz CT molecular complexity index is 549. The number of alkyl halides is 1. The van der Waals surface area contributed by atoms with Crippen LogP contribution in [0.2, 0.25) is 0 Å². The quantitative estimate of drug-likeness (QED) is 0.755. The van der Waals surface area contributed by atoms with E-state index in [0.717, 1.165) is 35.2 Å². The predicted octanol–water partition coefficient (Wildman–Crippen LogP) is 3.69. The van der Waals surface area contributed by atoms with Crippen LogP contribution in [0, 0.1) is 6.92 Å². The first-order valence-electron chi connectivity index (χ1n) is 5.89. The van der Waals surface area contributed by atoms with Crippen molar-refractivity contribution in [2.75, 3.05) is 0 Å². The third-order valence-electron chi connectivity index (χ3n) is 3.15. The van der Waals surface area contributed by atoms with Gasteiger partial charge >= 0.3 is 0 Å². The topological polar surface area (TPSA) is 22.1 Å². The molecule has 1 aromatic heterocycles. The molecule has 3 heteroatoms. The summed E-state index contributed by atoms with van der Waals surface area (Å²) in [4.78, 5) is 4.55. The maximum Gasteiger partial charge on any atom is 0.145 e. The van der Waals surface area contributed by atoms with Gasteiger partial charge in [0.15, 0.2) is 0 Å². The minimum atomic E-state index is 0.255. The van der Waals surface area contributed by atoms with Gasteiger partial charge in [-0.1, -0.05) is 18.2 Å². The zero-order valence-corrected chi connectivity index (χ0v) is 10.4. The number of aromatic nitrogens is 1. The Balaban J connectivity index is 1.95. The van der Waals surface area contributed by atoms with Gasteiger partial charge in [-0.3, -0.25) is 0 Å². The number of pyridine rings is 1. The summed E-state index contributed by atoms with van der Waals surface area (Å²) in [6, 6.07) is 10.1. The number of aryl methyl sites for hydroxylation is 1. The molecule has 1 heterocycles. The second-order valence-electron chi connectivity index (χ2n) is 4.59. The van der Waals surface area contributed by atoms with Crippen molar-refractivity contribution >= 4 is 22.5 Å². The number of hydrogen-bond acceptors (Lipinski definition) is 2. The normalized spacial score (nSPS) is 23.4. The van der Waals surface area contributed by atoms with Crippen molar-refractivity contribution in [2.45, 2.75) is 31.2 Å². The maximum absolute atomic E-state index is 5.96. The van der Waals surface area contributed by atoms with E-state index in [2.05, 4.69) is 17.1 Å². The highest BCUT2D eigenvalue weighted by molar-refractivity contribution is 6.21. The van der Waals surface area contributed by atoms with E-state index in [-0.39, 0.29) is 11.5 Å². The Morgan fingerprint density at radius 3 is 2.82 bits per heavy atom. The van der Waals surface area contributed by atoms with Gasteiger partial charge in [0.05, 0.1) is 0 Å². The SMILES string of the molecule is Cc1ccc2cccc(OC3CC(Cl)C3)c2n1. The van der Waals surface area contributed by atoms with E-state index in [0.29, 0.717) is 0 Å². The number of nitrogens with zero attached hydrogens (tertiary/aromatic N) is 1. The van der Waals surface area contributed by atoms with Gasteiger partial charge in [0, 0.05) is 29.3 Å². The third-order valence-corrected chi connectivity index (χ3v) is 3.51. The van der Waals surface area contributed by atoms with Crippen LogP contribution in [0.5, 0.6) is 5.75 Å². The summed E-state index contributed by atoms with van der Waals surface area (Å²) >= 11 is 5.96. The second kappa shape index (κ2) is 4.19. The molecule has 1 aromatic carbocycles. The van der Waals surface area contributed by atoms with E-state index in [1.165, 1.54) is 0 Å². The van der Waals surface area contributed by atoms with Crippen LogP contribution in [0.15, 0.2) is 30.3 Å². The van der Waals surface area contributed by atoms with Gasteiger partial charge in [0.25, 0.3) is 0 Å². The molecule has 0 amide bonds. The number of rotatable bonds is 2. The molecule has 1 saturated carbocycles. The third kappa shape index (κ3) is 2.09. The lowest BCUT2D eigenvalue weighted by Crippen LogP contribution is -2.34. The average Bonchev–Trinajstić information content (AvgIpc) is 2.28. The Labute approximate surface area is 106 Å². The van der Waals surface area contributed by atoms with E-state index in [1.54, 1.807) is 0 Å². The lowest BCUT2D eigenvalue weighted by Gasteiger charge is -2.31. The standard InChI is InChI=1S/C14H14ClNO/c1-9-5-6-10-3-2-4-13(14(10)16-9)17-12-7-11(15)8-12/h2-6,11-12H,7-8H2,1H3. The highest BCUT2D eigenvalue weighted by atomic mass is 35.5. The van der Waals surface area contributed by atoms with Gasteiger partial charge < -0.3 is 4.74 Å². The molecular weight excluding hydrogens is 234 g/mol. The van der Waals surface area contributed by atoms with Crippen molar-refractivity contribution in [3.63, 3.8) is 0 Å². The van der Waals surface area contributed by atoms with Crippen molar-refractivity contribution in [3.8, 4) is 5.75 Å². The average molecular weight is 248 g/mol. The Morgan fingerprint density at radius 2 is 2.06 bits per heavy atom. The van der Waals surface area contributed by atoms with Crippen molar-refractivity contribution in [1.29, 1.82) is 0 Å². The fourth-order valence-electron chi connectivity index (χ4n) is 2.09. The molecule has 1 fully saturated rings. The molecule has 0 radical (unpaired) electrons. The zero-order valence-electron chi connectivity index (χ0n) is 9.69. The fourth-order valence-corrected chi connectivity index (χ4v) is 2.49. The number of benzene rings is 1. The first-order valence-corrected chi connectivity index (χ1v) is 6.33. The highest BCUT2D eigenvalue weighted by Gasteiger charge is 2.29. The number of fused-ring (bicyclic) bond motifs is 1. The molecule has 0 unspecified atom stereocenters. The second-order valence-corrected chi connectivity index (χ2v) is 5.21. The minimum Gasteiger partial charge on any atom is -0.488 e. The van der Waals surface area contributed by atoms with Crippen LogP contribution in [0.25, 0.3) is 10.9 Å². The number of halogens is 1. The smallest absolute Gasteiger partial charge is 0.145 e. The lowest BCUT2D eigenvalue weighted by atomic mass is 9.95. The summed E-state index contributed by atoms with van der Waals surface area (Å²) in [5, 5.41) is 1.40. The molecule has 17 heavy (non-hydrogen) atoms. The molecule has 0 aliphatic heterocycles. The van der Waals surface area contributed by atoms with E-state index in [4.69, 9.17) is 16.3 Å². The highest BCUT2D eigenvalue weighted by Crippen LogP contribution is 2.32. The Hall–Kier alpha value is -1.28. The van der Waals surface area contributed by atoms with Crippen LogP contribution in [-0.2, 0) is 0 Å². The van der Waals surface area contributed by atoms with Crippen molar-refractivity contribution in [3.05, 3.63) is 36.0 Å². The van der Waals surface area contributed by atoms with Gasteiger partial charge in [-0.25, -0.2) is 4.98 Å². The molecule has 0 spiro atoms. The van der Waals surface area contributed by atoms with Crippen molar-refractivity contribution in [1.82, 2.24) is 4.98 Å². The largest absolute Gasteiger partial charge is 0.488 e. The molecular formula is C14H14ClNO. The maximum atomic E-state index is 5.96. The van der Waals surface area contributed by atoms with Crippen molar-refractivity contribution in [2.24, 2.45) is 0 Å². The van der Waals surface area contributed by atoms with E-state index in [9.17, 15) is 0 Å². The Kier molecular flexibility index (Phi) is 2.67. The molecule has 0 N–H and O–H groups in total. The summed E-state index contributed by atoms with van der Waals surface area (Å²) in [6.45, 7) is 1.99. The summed E-state index contributed by atoms with van der Waals surface area (Å²) in [6.07, 6.45) is 2.12. The van der Waals surface area contributed by atoms with E-state index in [1.807, 2.05) is 25.1 Å². The summed E-state index contributed by atoms with van der Waals surface area (Å²) in [5.74, 6) is 0.875. The van der Waals surface area contributed by atoms with E-state index >= 15 is 0 Å². The van der Waals surface area contributed by atoms with Crippen LogP contribution in [0.1, 0.15) is 18.5 Å². The minimum absolute atomic E-state index is 0.255. The number of hydrogen-bond donors (Lipinski definition) is 0. The van der Waals surface area contributed by atoms with Gasteiger partial charge in [0.1, 0.15) is 17.4 Å². The van der Waals surface area contributed by atoms with Crippen LogP contribution >= 0.6 is 11.6 Å². The monoisotopic (exact) mass is 247 g/mol. The Morgan fingerprint density at radius 1 is 1.24 bits per heavy atom. The number of para-hydroxylation sites is 1. The predicted molar refractivity (Wildman–Crippen MR) is 69.8 cm³/mol. The molecule has 3 rings (SSSR count). The van der Waals surface area contributed by atoms with Crippen LogP contribution < -0.4 is 4.74 Å². The van der Waals surface area contributed by atoms with Gasteiger partial charge in [-0.15, -0.1) is 11.6 Å². The molecule has 0 atom stereocenters. The van der Waals surface area contributed by atoms with Crippen LogP contribution in [0.3, 0.4) is 0 Å². The van der Waals surface area contributed by atoms with E-state index < -0.39 is 0 Å². The molecule has 2 nitrogen and oxygen atoms in total. The lowest BCUT2D eigenvalue weighted by molar-refractivity contribution is 0.126. The van der Waals surface area contributed by atoms with Gasteiger partial charge in [0.2, 0.25) is 0 Å². The summed E-state index contributed by atoms with van der Waals surface area (Å²) < 4.78 is 5.94. The van der Waals surface area contributed by atoms with Crippen LogP contribution in [-0.4, -0.2) is 16.5 Å². The van der Waals surface area contributed by atoms with Crippen molar-refractivity contribution < 1.29 is 4.74 Å². The fraction of sp³-hybridized carbons (Fsp3) is 0.357. The zero-order chi connectivity index (χ0) is 11.8. The molecule has 1 aliphatic carbocycles. The first kappa shape index (κ1) is 10.8. The van der Waals surface area contributed by atoms with Gasteiger partial charge in [-0.2, -0.15) is 0 Å². The number of ether oxygens (including phenoxy) is 1. The molecule has 2 aromatic rings. The molecule has 88 valence electrons. The van der Waals surface area contributed by atoms with Crippen LogP contribution in [0.4, 0.5) is 0 Å².